The molecule has 1 amide bonds. The van der Waals surface area contributed by atoms with Crippen LogP contribution in [-0.2, 0) is 0 Å². The first kappa shape index (κ1) is 19.1. The van der Waals surface area contributed by atoms with Crippen LogP contribution >= 0.6 is 28.1 Å². The molecule has 0 fully saturated rings. The minimum atomic E-state index is -0.369. The number of aryl methyl sites for hydroxylation is 1. The second-order valence-corrected chi connectivity index (χ2v) is 7.25. The molecule has 0 heterocycles. The number of phenols is 1. The Labute approximate surface area is 170 Å². The monoisotopic (exact) mass is 444 g/mol. The molecule has 0 saturated heterocycles. The fourth-order valence-corrected chi connectivity index (χ4v) is 3.65. The molecule has 0 saturated carbocycles. The number of hydrogen-bond acceptors (Lipinski definition) is 4. The lowest BCUT2D eigenvalue weighted by molar-refractivity contribution is 0.0974. The van der Waals surface area contributed by atoms with E-state index in [1.807, 2.05) is 31.2 Å². The number of phenolic OH excluding ortho intramolecular Hbond substituents is 1. The van der Waals surface area contributed by atoms with E-state index in [4.69, 9.17) is 17.0 Å². The smallest absolute Gasteiger partial charge is 0.261 e. The van der Waals surface area contributed by atoms with Crippen molar-refractivity contribution < 1.29 is 14.6 Å². The number of carbonyl (C=O) groups excluding carboxylic acids is 1. The third kappa shape index (κ3) is 4.20. The first-order valence-corrected chi connectivity index (χ1v) is 9.27. The highest BCUT2D eigenvalue weighted by Gasteiger charge is 2.17. The third-order valence-corrected chi connectivity index (χ3v) is 4.69. The van der Waals surface area contributed by atoms with Gasteiger partial charge in [0.2, 0.25) is 0 Å². The van der Waals surface area contributed by atoms with Crippen molar-refractivity contribution in [3.63, 3.8) is 0 Å². The van der Waals surface area contributed by atoms with Crippen LogP contribution in [0.1, 0.15) is 15.9 Å². The summed E-state index contributed by atoms with van der Waals surface area (Å²) < 4.78 is 6.13. The number of ether oxygens (including phenoxy) is 1. The number of thiocarbonyl (C=S) groups is 1. The van der Waals surface area contributed by atoms with Crippen molar-refractivity contribution >= 4 is 55.6 Å². The Balaban J connectivity index is 1.82. The minimum Gasteiger partial charge on any atom is -0.508 e. The molecule has 0 radical (unpaired) electrons. The van der Waals surface area contributed by atoms with Gasteiger partial charge in [-0.25, -0.2) is 0 Å². The Morgan fingerprint density at radius 1 is 1.19 bits per heavy atom. The van der Waals surface area contributed by atoms with Gasteiger partial charge >= 0.3 is 0 Å². The average molecular weight is 445 g/mol. The molecule has 3 aromatic rings. The van der Waals surface area contributed by atoms with E-state index in [2.05, 4.69) is 26.6 Å². The first-order chi connectivity index (χ1) is 12.9. The van der Waals surface area contributed by atoms with Crippen LogP contribution in [0.25, 0.3) is 10.8 Å². The molecule has 3 aromatic carbocycles. The second-order valence-electron chi connectivity index (χ2n) is 5.92. The Morgan fingerprint density at radius 3 is 2.70 bits per heavy atom. The summed E-state index contributed by atoms with van der Waals surface area (Å²) in [5, 5.41) is 17.2. The van der Waals surface area contributed by atoms with E-state index in [-0.39, 0.29) is 16.8 Å². The van der Waals surface area contributed by atoms with Crippen LogP contribution in [0, 0.1) is 6.92 Å². The summed E-state index contributed by atoms with van der Waals surface area (Å²) in [5.41, 5.74) is 1.95. The van der Waals surface area contributed by atoms with Crippen molar-refractivity contribution in [3.05, 3.63) is 64.1 Å². The molecule has 0 aliphatic rings. The molecule has 0 aromatic heterocycles. The van der Waals surface area contributed by atoms with Gasteiger partial charge in [-0.1, -0.05) is 28.1 Å². The van der Waals surface area contributed by atoms with E-state index in [0.29, 0.717) is 11.3 Å². The highest BCUT2D eigenvalue weighted by molar-refractivity contribution is 9.10. The van der Waals surface area contributed by atoms with Crippen LogP contribution in [0.2, 0.25) is 0 Å². The third-order valence-electron chi connectivity index (χ3n) is 4.03. The van der Waals surface area contributed by atoms with E-state index in [1.54, 1.807) is 24.3 Å². The molecular formula is C20H17BrN2O3S. The molecule has 3 rings (SSSR count). The fraction of sp³-hybridized carbons (Fsp3) is 0.100. The van der Waals surface area contributed by atoms with Gasteiger partial charge in [-0.2, -0.15) is 0 Å². The summed E-state index contributed by atoms with van der Waals surface area (Å²) in [5.74, 6) is 0.318. The maximum atomic E-state index is 12.7. The molecule has 0 unspecified atom stereocenters. The van der Waals surface area contributed by atoms with Gasteiger partial charge < -0.3 is 15.2 Å². The lowest BCUT2D eigenvalue weighted by Gasteiger charge is -2.14. The second kappa shape index (κ2) is 7.94. The maximum Gasteiger partial charge on any atom is 0.261 e. The van der Waals surface area contributed by atoms with Gasteiger partial charge in [-0.3, -0.25) is 10.1 Å². The van der Waals surface area contributed by atoms with Crippen LogP contribution in [0.5, 0.6) is 11.5 Å². The molecule has 138 valence electrons. The summed E-state index contributed by atoms with van der Waals surface area (Å²) in [6.45, 7) is 1.86. The number of anilines is 1. The van der Waals surface area contributed by atoms with Gasteiger partial charge in [-0.05, 0) is 66.5 Å². The van der Waals surface area contributed by atoms with Crippen LogP contribution in [0.15, 0.2) is 53.0 Å². The zero-order chi connectivity index (χ0) is 19.6. The van der Waals surface area contributed by atoms with Crippen molar-refractivity contribution in [2.75, 3.05) is 12.4 Å². The summed E-state index contributed by atoms with van der Waals surface area (Å²) >= 11 is 8.69. The van der Waals surface area contributed by atoms with Gasteiger partial charge in [-0.15, -0.1) is 0 Å². The summed E-state index contributed by atoms with van der Waals surface area (Å²) in [6.07, 6.45) is 0. The predicted molar refractivity (Wildman–Crippen MR) is 115 cm³/mol. The minimum absolute atomic E-state index is 0.167. The van der Waals surface area contributed by atoms with Crippen molar-refractivity contribution in [2.45, 2.75) is 6.92 Å². The number of carbonyl (C=O) groups is 1. The molecule has 0 bridgehead atoms. The van der Waals surface area contributed by atoms with E-state index in [9.17, 15) is 9.90 Å². The average Bonchev–Trinajstić information content (AvgIpc) is 2.60. The number of fused-ring (bicyclic) bond motifs is 1. The Hall–Kier alpha value is -2.64. The Kier molecular flexibility index (Phi) is 5.62. The van der Waals surface area contributed by atoms with E-state index < -0.39 is 0 Å². The number of nitrogens with one attached hydrogen (secondary N) is 2. The normalized spacial score (nSPS) is 10.5. The molecular weight excluding hydrogens is 428 g/mol. The quantitative estimate of drug-likeness (QED) is 0.508. The number of methoxy groups -OCH3 is 1. The zero-order valence-electron chi connectivity index (χ0n) is 14.7. The standard InChI is InChI=1S/C20H17BrN2O3S/c1-11-8-13(21)10-16(18(11)26-2)19(25)23-20(27)22-17-5-3-4-12-9-14(24)6-7-15(12)17/h3-10,24H,1-2H3,(H2,22,23,25,27). The number of hydrogen-bond donors (Lipinski definition) is 3. The Morgan fingerprint density at radius 2 is 1.96 bits per heavy atom. The van der Waals surface area contributed by atoms with Crippen molar-refractivity contribution in [3.8, 4) is 11.5 Å². The SMILES string of the molecule is COc1c(C)cc(Br)cc1C(=O)NC(=S)Nc1cccc2cc(O)ccc12. The van der Waals surface area contributed by atoms with Gasteiger partial charge in [0.15, 0.2) is 5.11 Å². The van der Waals surface area contributed by atoms with E-state index in [1.165, 1.54) is 7.11 Å². The van der Waals surface area contributed by atoms with Gasteiger partial charge in [0, 0.05) is 15.5 Å². The first-order valence-electron chi connectivity index (χ1n) is 8.07. The van der Waals surface area contributed by atoms with Crippen molar-refractivity contribution in [1.29, 1.82) is 0 Å². The Bertz CT molecular complexity index is 1050. The van der Waals surface area contributed by atoms with Gasteiger partial charge in [0.1, 0.15) is 11.5 Å². The zero-order valence-corrected chi connectivity index (χ0v) is 17.1. The molecule has 27 heavy (non-hydrogen) atoms. The number of aromatic hydroxyl groups is 1. The summed E-state index contributed by atoms with van der Waals surface area (Å²) in [7, 11) is 1.52. The lowest BCUT2D eigenvalue weighted by Crippen LogP contribution is -2.34. The molecule has 7 heteroatoms. The topological polar surface area (TPSA) is 70.6 Å². The van der Waals surface area contributed by atoms with Crippen molar-refractivity contribution in [1.82, 2.24) is 5.32 Å². The van der Waals surface area contributed by atoms with E-state index >= 15 is 0 Å². The highest BCUT2D eigenvalue weighted by Crippen LogP contribution is 2.28. The molecule has 0 spiro atoms. The number of halogens is 1. The van der Waals surface area contributed by atoms with Crippen molar-refractivity contribution in [2.24, 2.45) is 0 Å². The number of benzene rings is 3. The highest BCUT2D eigenvalue weighted by atomic mass is 79.9. The molecule has 0 atom stereocenters. The van der Waals surface area contributed by atoms with E-state index in [0.717, 1.165) is 26.5 Å². The largest absolute Gasteiger partial charge is 0.508 e. The van der Waals surface area contributed by atoms with Crippen LogP contribution in [0.4, 0.5) is 5.69 Å². The summed E-state index contributed by atoms with van der Waals surface area (Å²) in [4.78, 5) is 12.7. The maximum absolute atomic E-state index is 12.7. The molecule has 0 aliphatic carbocycles. The predicted octanol–water partition coefficient (Wildman–Crippen LogP) is 4.75. The fourth-order valence-electron chi connectivity index (χ4n) is 2.87. The summed E-state index contributed by atoms with van der Waals surface area (Å²) in [6, 6.07) is 14.2. The lowest BCUT2D eigenvalue weighted by atomic mass is 10.1. The number of amides is 1. The molecule has 5 nitrogen and oxygen atoms in total. The van der Waals surface area contributed by atoms with Crippen LogP contribution in [-0.4, -0.2) is 23.2 Å². The molecule has 3 N–H and O–H groups in total. The van der Waals surface area contributed by atoms with Crippen LogP contribution in [0.3, 0.4) is 0 Å². The van der Waals surface area contributed by atoms with Gasteiger partial charge in [0.05, 0.1) is 12.7 Å². The van der Waals surface area contributed by atoms with Gasteiger partial charge in [0.25, 0.3) is 5.91 Å². The number of rotatable bonds is 3. The molecule has 0 aliphatic heterocycles. The van der Waals surface area contributed by atoms with Crippen LogP contribution < -0.4 is 15.4 Å².